The van der Waals surface area contributed by atoms with Gasteiger partial charge in [0.2, 0.25) is 0 Å². The summed E-state index contributed by atoms with van der Waals surface area (Å²) in [6.45, 7) is 6.91. The van der Waals surface area contributed by atoms with Gasteiger partial charge in [-0.25, -0.2) is 4.79 Å². The van der Waals surface area contributed by atoms with Crippen LogP contribution in [-0.4, -0.2) is 43.1 Å². The standard InChI is InChI=1S/C25H33NO5/c1-5-14-31-21-13-12-18(16-22(21)30-6-2)15-20-23(25(28)29-4)17(3)26(24(20)27)19-10-8-7-9-11-19/h12-13,15-16,19H,5-11,14H2,1-4H3/b20-15-. The van der Waals surface area contributed by atoms with Crippen molar-refractivity contribution in [2.75, 3.05) is 20.3 Å². The highest BCUT2D eigenvalue weighted by molar-refractivity contribution is 6.16. The van der Waals surface area contributed by atoms with Crippen LogP contribution in [0.5, 0.6) is 11.5 Å². The maximum Gasteiger partial charge on any atom is 0.340 e. The van der Waals surface area contributed by atoms with Crippen LogP contribution in [0, 0.1) is 0 Å². The van der Waals surface area contributed by atoms with Gasteiger partial charge in [-0.15, -0.1) is 0 Å². The largest absolute Gasteiger partial charge is 0.490 e. The first-order valence-electron chi connectivity index (χ1n) is 11.3. The van der Waals surface area contributed by atoms with Gasteiger partial charge in [0, 0.05) is 11.7 Å². The molecule has 1 aliphatic carbocycles. The van der Waals surface area contributed by atoms with E-state index >= 15 is 0 Å². The molecule has 0 N–H and O–H groups in total. The molecule has 2 aliphatic rings. The number of ether oxygens (including phenoxy) is 3. The second-order valence-corrected chi connectivity index (χ2v) is 7.96. The van der Waals surface area contributed by atoms with Crippen LogP contribution in [0.1, 0.15) is 64.9 Å². The first kappa shape index (κ1) is 22.9. The molecule has 1 aromatic rings. The Kier molecular flexibility index (Phi) is 7.77. The Labute approximate surface area is 184 Å². The summed E-state index contributed by atoms with van der Waals surface area (Å²) in [5.74, 6) is 0.685. The Bertz CT molecular complexity index is 880. The average molecular weight is 428 g/mol. The molecule has 6 heteroatoms. The van der Waals surface area contributed by atoms with Crippen molar-refractivity contribution < 1.29 is 23.8 Å². The molecule has 1 saturated carbocycles. The SMILES string of the molecule is CCCOc1ccc(/C=C2\C(=O)N(C3CCCCC3)C(C)=C2C(=O)OC)cc1OCC. The Morgan fingerprint density at radius 2 is 1.87 bits per heavy atom. The summed E-state index contributed by atoms with van der Waals surface area (Å²) in [7, 11) is 1.35. The van der Waals surface area contributed by atoms with E-state index in [0.717, 1.165) is 37.7 Å². The molecule has 0 spiro atoms. The van der Waals surface area contributed by atoms with Crippen LogP contribution in [-0.2, 0) is 14.3 Å². The van der Waals surface area contributed by atoms with Gasteiger partial charge < -0.3 is 19.1 Å². The summed E-state index contributed by atoms with van der Waals surface area (Å²) in [6.07, 6.45) is 7.98. The van der Waals surface area contributed by atoms with E-state index in [1.165, 1.54) is 13.5 Å². The molecule has 168 valence electrons. The van der Waals surface area contributed by atoms with Crippen LogP contribution in [0.3, 0.4) is 0 Å². The van der Waals surface area contributed by atoms with Gasteiger partial charge in [-0.05, 0) is 56.9 Å². The molecule has 0 atom stereocenters. The zero-order valence-corrected chi connectivity index (χ0v) is 19.0. The van der Waals surface area contributed by atoms with Crippen molar-refractivity contribution in [2.45, 2.75) is 65.3 Å². The molecular formula is C25H33NO5. The first-order valence-corrected chi connectivity index (χ1v) is 11.3. The van der Waals surface area contributed by atoms with Crippen LogP contribution in [0.25, 0.3) is 6.08 Å². The third-order valence-corrected chi connectivity index (χ3v) is 5.81. The molecule has 1 heterocycles. The van der Waals surface area contributed by atoms with Crippen LogP contribution >= 0.6 is 0 Å². The summed E-state index contributed by atoms with van der Waals surface area (Å²) in [5, 5.41) is 0. The monoisotopic (exact) mass is 427 g/mol. The number of esters is 1. The third kappa shape index (κ3) is 4.94. The molecule has 0 radical (unpaired) electrons. The maximum atomic E-state index is 13.4. The number of hydrogen-bond acceptors (Lipinski definition) is 5. The lowest BCUT2D eigenvalue weighted by molar-refractivity contribution is -0.136. The molecule has 1 amide bonds. The molecule has 0 aromatic heterocycles. The molecule has 1 fully saturated rings. The van der Waals surface area contributed by atoms with E-state index in [0.29, 0.717) is 41.6 Å². The lowest BCUT2D eigenvalue weighted by Gasteiger charge is -2.32. The number of amides is 1. The fourth-order valence-corrected chi connectivity index (χ4v) is 4.36. The van der Waals surface area contributed by atoms with Crippen molar-refractivity contribution in [1.82, 2.24) is 4.90 Å². The van der Waals surface area contributed by atoms with Gasteiger partial charge in [0.15, 0.2) is 11.5 Å². The Hall–Kier alpha value is -2.76. The Morgan fingerprint density at radius 1 is 1.13 bits per heavy atom. The Morgan fingerprint density at radius 3 is 2.52 bits per heavy atom. The van der Waals surface area contributed by atoms with Gasteiger partial charge in [-0.1, -0.05) is 32.3 Å². The zero-order chi connectivity index (χ0) is 22.4. The van der Waals surface area contributed by atoms with Gasteiger partial charge >= 0.3 is 5.97 Å². The summed E-state index contributed by atoms with van der Waals surface area (Å²) in [5.41, 5.74) is 2.18. The number of hydrogen-bond donors (Lipinski definition) is 0. The van der Waals surface area contributed by atoms with Crippen molar-refractivity contribution in [2.24, 2.45) is 0 Å². The number of nitrogens with zero attached hydrogens (tertiary/aromatic N) is 1. The molecule has 0 unspecified atom stereocenters. The molecule has 1 aliphatic heterocycles. The highest BCUT2D eigenvalue weighted by Crippen LogP contribution is 2.37. The van der Waals surface area contributed by atoms with Crippen LogP contribution in [0.15, 0.2) is 35.0 Å². The van der Waals surface area contributed by atoms with E-state index in [9.17, 15) is 9.59 Å². The van der Waals surface area contributed by atoms with Gasteiger partial charge in [-0.2, -0.15) is 0 Å². The molecular weight excluding hydrogens is 394 g/mol. The average Bonchev–Trinajstić information content (AvgIpc) is 3.02. The van der Waals surface area contributed by atoms with Crippen molar-refractivity contribution in [1.29, 1.82) is 0 Å². The molecule has 3 rings (SSSR count). The van der Waals surface area contributed by atoms with Crippen LogP contribution in [0.4, 0.5) is 0 Å². The lowest BCUT2D eigenvalue weighted by Crippen LogP contribution is -2.37. The number of allylic oxidation sites excluding steroid dienone is 1. The quantitative estimate of drug-likeness (QED) is 0.437. The zero-order valence-electron chi connectivity index (χ0n) is 19.0. The van der Waals surface area contributed by atoms with Crippen molar-refractivity contribution in [3.05, 3.63) is 40.6 Å². The Balaban J connectivity index is 1.99. The first-order chi connectivity index (χ1) is 15.0. The minimum atomic E-state index is -0.483. The van der Waals surface area contributed by atoms with Gasteiger partial charge in [0.25, 0.3) is 5.91 Å². The number of rotatable bonds is 8. The number of methoxy groups -OCH3 is 1. The number of benzene rings is 1. The third-order valence-electron chi connectivity index (χ3n) is 5.81. The second-order valence-electron chi connectivity index (χ2n) is 7.96. The fraction of sp³-hybridized carbons (Fsp3) is 0.520. The predicted molar refractivity (Wildman–Crippen MR) is 120 cm³/mol. The fourth-order valence-electron chi connectivity index (χ4n) is 4.36. The van der Waals surface area contributed by atoms with Gasteiger partial charge in [0.05, 0.1) is 31.5 Å². The van der Waals surface area contributed by atoms with Gasteiger partial charge in [0.1, 0.15) is 0 Å². The molecule has 0 bridgehead atoms. The second kappa shape index (κ2) is 10.5. The van der Waals surface area contributed by atoms with E-state index in [4.69, 9.17) is 14.2 Å². The lowest BCUT2D eigenvalue weighted by atomic mass is 9.94. The summed E-state index contributed by atoms with van der Waals surface area (Å²) in [6, 6.07) is 5.71. The van der Waals surface area contributed by atoms with E-state index in [2.05, 4.69) is 0 Å². The van der Waals surface area contributed by atoms with E-state index in [1.54, 1.807) is 11.0 Å². The van der Waals surface area contributed by atoms with E-state index in [1.807, 2.05) is 39.0 Å². The van der Waals surface area contributed by atoms with Crippen molar-refractivity contribution in [3.63, 3.8) is 0 Å². The minimum absolute atomic E-state index is 0.130. The summed E-state index contributed by atoms with van der Waals surface area (Å²) < 4.78 is 16.5. The van der Waals surface area contributed by atoms with Crippen molar-refractivity contribution in [3.8, 4) is 11.5 Å². The van der Waals surface area contributed by atoms with Crippen molar-refractivity contribution >= 4 is 18.0 Å². The molecule has 0 saturated heterocycles. The molecule has 6 nitrogen and oxygen atoms in total. The van der Waals surface area contributed by atoms with E-state index in [-0.39, 0.29) is 11.9 Å². The molecule has 31 heavy (non-hydrogen) atoms. The highest BCUT2D eigenvalue weighted by Gasteiger charge is 2.40. The highest BCUT2D eigenvalue weighted by atomic mass is 16.5. The normalized spacial score (nSPS) is 18.6. The summed E-state index contributed by atoms with van der Waals surface area (Å²) in [4.78, 5) is 27.8. The topological polar surface area (TPSA) is 65.1 Å². The van der Waals surface area contributed by atoms with Crippen LogP contribution < -0.4 is 9.47 Å². The summed E-state index contributed by atoms with van der Waals surface area (Å²) >= 11 is 0. The van der Waals surface area contributed by atoms with Crippen LogP contribution in [0.2, 0.25) is 0 Å². The van der Waals surface area contributed by atoms with Gasteiger partial charge in [-0.3, -0.25) is 4.79 Å². The number of carbonyl (C=O) groups excluding carboxylic acids is 2. The minimum Gasteiger partial charge on any atom is -0.490 e. The van der Waals surface area contributed by atoms with E-state index < -0.39 is 5.97 Å². The smallest absolute Gasteiger partial charge is 0.340 e. The molecule has 1 aromatic carbocycles. The predicted octanol–water partition coefficient (Wildman–Crippen LogP) is 4.88. The number of carbonyl (C=O) groups is 2. The maximum absolute atomic E-state index is 13.4.